The van der Waals surface area contributed by atoms with Crippen LogP contribution >= 0.6 is 11.5 Å². The van der Waals surface area contributed by atoms with E-state index in [1.807, 2.05) is 0 Å². The first-order chi connectivity index (χ1) is 9.72. The smallest absolute Gasteiger partial charge is 0.258 e. The fraction of sp³-hybridized carbons (Fsp3) is 0.692. The van der Waals surface area contributed by atoms with Crippen molar-refractivity contribution in [1.29, 1.82) is 0 Å². The van der Waals surface area contributed by atoms with Gasteiger partial charge in [-0.15, -0.1) is 0 Å². The van der Waals surface area contributed by atoms with E-state index in [-0.39, 0.29) is 5.91 Å². The first kappa shape index (κ1) is 15.1. The van der Waals surface area contributed by atoms with Gasteiger partial charge in [-0.05, 0) is 37.2 Å². The molecule has 0 bridgehead atoms. The van der Waals surface area contributed by atoms with Gasteiger partial charge in [0.2, 0.25) is 0 Å². The second-order valence-electron chi connectivity index (χ2n) is 4.91. The molecule has 0 radical (unpaired) electrons. The molecule has 0 saturated heterocycles. The van der Waals surface area contributed by atoms with E-state index in [1.54, 1.807) is 0 Å². The molecule has 20 heavy (non-hydrogen) atoms. The van der Waals surface area contributed by atoms with Gasteiger partial charge in [0.05, 0.1) is 0 Å². The van der Waals surface area contributed by atoms with Crippen molar-refractivity contribution < 1.29 is 9.53 Å². The van der Waals surface area contributed by atoms with E-state index in [2.05, 4.69) is 21.9 Å². The Morgan fingerprint density at radius 3 is 3.00 bits per heavy atom. The topological polar surface area (TPSA) is 89.3 Å². The maximum absolute atomic E-state index is 12.1. The number of nitrogens with two attached hydrogens (primary N) is 1. The Morgan fingerprint density at radius 2 is 2.30 bits per heavy atom. The number of nitrogens with one attached hydrogen (secondary N) is 2. The molecule has 1 heterocycles. The van der Waals surface area contributed by atoms with Crippen LogP contribution in [0.1, 0.15) is 43.0 Å². The number of amides is 1. The highest BCUT2D eigenvalue weighted by Gasteiger charge is 2.27. The van der Waals surface area contributed by atoms with Crippen molar-refractivity contribution in [2.75, 3.05) is 30.8 Å². The second kappa shape index (κ2) is 7.44. The first-order valence-electron chi connectivity index (χ1n) is 7.10. The van der Waals surface area contributed by atoms with Crippen LogP contribution in [0.2, 0.25) is 0 Å². The van der Waals surface area contributed by atoms with Crippen LogP contribution in [0.4, 0.5) is 10.8 Å². The summed E-state index contributed by atoms with van der Waals surface area (Å²) >= 11 is 1.23. The molecule has 1 amide bonds. The van der Waals surface area contributed by atoms with Crippen molar-refractivity contribution in [2.45, 2.75) is 38.6 Å². The number of ether oxygens (including phenoxy) is 1. The van der Waals surface area contributed by atoms with Crippen LogP contribution in [-0.2, 0) is 4.74 Å². The molecule has 0 unspecified atom stereocenters. The van der Waals surface area contributed by atoms with Crippen LogP contribution < -0.4 is 16.4 Å². The zero-order chi connectivity index (χ0) is 14.4. The minimum Gasteiger partial charge on any atom is -0.382 e. The average molecular weight is 298 g/mol. The lowest BCUT2D eigenvalue weighted by atomic mass is 10.3. The molecule has 1 aromatic heterocycles. The Kier molecular flexibility index (Phi) is 5.60. The van der Waals surface area contributed by atoms with Gasteiger partial charge in [-0.3, -0.25) is 4.79 Å². The van der Waals surface area contributed by atoms with E-state index in [1.165, 1.54) is 11.5 Å². The predicted molar refractivity (Wildman–Crippen MR) is 81.2 cm³/mol. The zero-order valence-electron chi connectivity index (χ0n) is 11.8. The van der Waals surface area contributed by atoms with Crippen LogP contribution in [0, 0.1) is 0 Å². The monoisotopic (exact) mass is 298 g/mol. The van der Waals surface area contributed by atoms with Gasteiger partial charge in [0, 0.05) is 25.8 Å². The fourth-order valence-corrected chi connectivity index (χ4v) is 2.49. The fourth-order valence-electron chi connectivity index (χ4n) is 1.75. The minimum atomic E-state index is -0.122. The standard InChI is InChI=1S/C13H22N4O2S/c1-2-7-19-8-3-6-15-13-10(11(14)17-20-13)12(18)16-9-4-5-9/h9,15H,2-8H2,1H3,(H2,14,17)(H,16,18). The summed E-state index contributed by atoms with van der Waals surface area (Å²) in [7, 11) is 0. The molecular weight excluding hydrogens is 276 g/mol. The van der Waals surface area contributed by atoms with E-state index in [9.17, 15) is 4.79 Å². The quantitative estimate of drug-likeness (QED) is 0.605. The SMILES string of the molecule is CCCOCCCNc1snc(N)c1C(=O)NC1CC1. The van der Waals surface area contributed by atoms with Crippen molar-refractivity contribution in [3.63, 3.8) is 0 Å². The molecule has 0 aromatic carbocycles. The number of hydrogen-bond donors (Lipinski definition) is 3. The molecular formula is C13H22N4O2S. The highest BCUT2D eigenvalue weighted by molar-refractivity contribution is 7.11. The molecule has 0 atom stereocenters. The zero-order valence-corrected chi connectivity index (χ0v) is 12.6. The molecule has 4 N–H and O–H groups in total. The van der Waals surface area contributed by atoms with Gasteiger partial charge in [-0.2, -0.15) is 4.37 Å². The Hall–Kier alpha value is -1.34. The number of rotatable bonds is 9. The maximum Gasteiger partial charge on any atom is 0.258 e. The largest absolute Gasteiger partial charge is 0.382 e. The summed E-state index contributed by atoms with van der Waals surface area (Å²) in [5, 5.41) is 6.91. The Balaban J connectivity index is 1.80. The third kappa shape index (κ3) is 4.35. The van der Waals surface area contributed by atoms with E-state index >= 15 is 0 Å². The van der Waals surface area contributed by atoms with E-state index in [0.29, 0.717) is 17.4 Å². The first-order valence-corrected chi connectivity index (χ1v) is 7.87. The number of nitrogens with zero attached hydrogens (tertiary/aromatic N) is 1. The van der Waals surface area contributed by atoms with Crippen molar-refractivity contribution in [2.24, 2.45) is 0 Å². The van der Waals surface area contributed by atoms with Crippen LogP contribution in [-0.4, -0.2) is 36.1 Å². The molecule has 6 nitrogen and oxygen atoms in total. The lowest BCUT2D eigenvalue weighted by molar-refractivity contribution is 0.0953. The van der Waals surface area contributed by atoms with Crippen LogP contribution in [0.15, 0.2) is 0 Å². The lowest BCUT2D eigenvalue weighted by Crippen LogP contribution is -2.26. The molecule has 2 rings (SSSR count). The summed E-state index contributed by atoms with van der Waals surface area (Å²) in [5.41, 5.74) is 6.26. The summed E-state index contributed by atoms with van der Waals surface area (Å²) in [5.74, 6) is 0.182. The minimum absolute atomic E-state index is 0.122. The highest BCUT2D eigenvalue weighted by atomic mass is 32.1. The van der Waals surface area contributed by atoms with Gasteiger partial charge in [-0.1, -0.05) is 6.92 Å². The predicted octanol–water partition coefficient (Wildman–Crippen LogP) is 1.85. The van der Waals surface area contributed by atoms with Crippen molar-refractivity contribution in [3.8, 4) is 0 Å². The number of nitrogen functional groups attached to an aromatic ring is 1. The molecule has 1 saturated carbocycles. The Morgan fingerprint density at radius 1 is 1.50 bits per heavy atom. The number of aromatic nitrogens is 1. The molecule has 1 aliphatic carbocycles. The molecule has 1 aromatic rings. The normalized spacial score (nSPS) is 14.2. The third-order valence-corrected chi connectivity index (χ3v) is 3.78. The maximum atomic E-state index is 12.1. The van der Waals surface area contributed by atoms with Crippen molar-refractivity contribution in [1.82, 2.24) is 9.69 Å². The Labute approximate surface area is 123 Å². The number of hydrogen-bond acceptors (Lipinski definition) is 6. The van der Waals surface area contributed by atoms with Gasteiger partial charge in [0.25, 0.3) is 5.91 Å². The van der Waals surface area contributed by atoms with Crippen LogP contribution in [0.25, 0.3) is 0 Å². The summed E-state index contributed by atoms with van der Waals surface area (Å²) in [4.78, 5) is 12.1. The molecule has 1 aliphatic rings. The van der Waals surface area contributed by atoms with Gasteiger partial charge >= 0.3 is 0 Å². The summed E-state index contributed by atoms with van der Waals surface area (Å²) < 4.78 is 9.47. The summed E-state index contributed by atoms with van der Waals surface area (Å²) in [6.45, 7) is 4.35. The molecule has 112 valence electrons. The molecule has 1 fully saturated rings. The van der Waals surface area contributed by atoms with E-state index in [0.717, 1.165) is 50.4 Å². The highest BCUT2D eigenvalue weighted by Crippen LogP contribution is 2.28. The van der Waals surface area contributed by atoms with Gasteiger partial charge < -0.3 is 21.1 Å². The number of carbonyl (C=O) groups excluding carboxylic acids is 1. The molecule has 0 aliphatic heterocycles. The second-order valence-corrected chi connectivity index (χ2v) is 5.69. The van der Waals surface area contributed by atoms with E-state index in [4.69, 9.17) is 10.5 Å². The van der Waals surface area contributed by atoms with Crippen LogP contribution in [0.3, 0.4) is 0 Å². The van der Waals surface area contributed by atoms with Gasteiger partial charge in [0.1, 0.15) is 10.6 Å². The van der Waals surface area contributed by atoms with Gasteiger partial charge in [-0.25, -0.2) is 0 Å². The summed E-state index contributed by atoms with van der Waals surface area (Å²) in [6.07, 6.45) is 4.03. The average Bonchev–Trinajstić information content (AvgIpc) is 3.15. The number of anilines is 2. The number of carbonyl (C=O) groups is 1. The molecule has 0 spiro atoms. The summed E-state index contributed by atoms with van der Waals surface area (Å²) in [6, 6.07) is 0.317. The van der Waals surface area contributed by atoms with Gasteiger partial charge in [0.15, 0.2) is 5.82 Å². The van der Waals surface area contributed by atoms with Crippen LogP contribution in [0.5, 0.6) is 0 Å². The van der Waals surface area contributed by atoms with Crippen molar-refractivity contribution >= 4 is 28.3 Å². The third-order valence-electron chi connectivity index (χ3n) is 2.96. The van der Waals surface area contributed by atoms with Crippen molar-refractivity contribution in [3.05, 3.63) is 5.56 Å². The lowest BCUT2D eigenvalue weighted by Gasteiger charge is -2.07. The molecule has 7 heteroatoms. The Bertz CT molecular complexity index is 446. The van der Waals surface area contributed by atoms with E-state index < -0.39 is 0 Å².